The molecule has 1 heterocycles. The predicted molar refractivity (Wildman–Crippen MR) is 89.5 cm³/mol. The van der Waals surface area contributed by atoms with Crippen LogP contribution in [-0.2, 0) is 4.79 Å². The van der Waals surface area contributed by atoms with E-state index in [9.17, 15) is 10.1 Å². The van der Waals surface area contributed by atoms with Crippen LogP contribution in [-0.4, -0.2) is 10.4 Å². The molecule has 2 rings (SSSR count). The first-order valence-corrected chi connectivity index (χ1v) is 8.10. The molecule has 0 bridgehead atoms. The lowest BCUT2D eigenvalue weighted by Gasteiger charge is -2.17. The molecule has 0 N–H and O–H groups in total. The summed E-state index contributed by atoms with van der Waals surface area (Å²) in [6.45, 7) is 9.75. The first-order valence-electron chi connectivity index (χ1n) is 8.10. The van der Waals surface area contributed by atoms with Crippen LogP contribution >= 0.6 is 0 Å². The summed E-state index contributed by atoms with van der Waals surface area (Å²) < 4.78 is 2.38. The highest BCUT2D eigenvalue weighted by atomic mass is 16.1. The lowest BCUT2D eigenvalue weighted by molar-refractivity contribution is -0.121. The van der Waals surface area contributed by atoms with Gasteiger partial charge in [-0.15, -0.1) is 0 Å². The fourth-order valence-electron chi connectivity index (χ4n) is 3.38. The number of carbonyl (C=O) groups is 1. The highest BCUT2D eigenvalue weighted by Crippen LogP contribution is 2.34. The van der Waals surface area contributed by atoms with Crippen molar-refractivity contribution >= 4 is 11.9 Å². The second kappa shape index (κ2) is 6.12. The second-order valence-corrected chi connectivity index (χ2v) is 7.38. The molecule has 1 aromatic heterocycles. The Bertz CT molecular complexity index is 644. The van der Waals surface area contributed by atoms with Gasteiger partial charge in [-0.3, -0.25) is 4.79 Å². The minimum atomic E-state index is -0.529. The zero-order valence-electron chi connectivity index (χ0n) is 14.4. The van der Waals surface area contributed by atoms with E-state index in [1.165, 1.54) is 37.1 Å². The van der Waals surface area contributed by atoms with Crippen molar-refractivity contribution in [1.29, 1.82) is 5.26 Å². The molecule has 0 spiro atoms. The Balaban J connectivity index is 2.41. The van der Waals surface area contributed by atoms with Crippen molar-refractivity contribution < 1.29 is 4.79 Å². The van der Waals surface area contributed by atoms with E-state index in [-0.39, 0.29) is 11.4 Å². The Labute approximate surface area is 133 Å². The van der Waals surface area contributed by atoms with Crippen LogP contribution in [0, 0.1) is 30.6 Å². The number of carbonyl (C=O) groups excluding carboxylic acids is 1. The molecule has 1 aliphatic carbocycles. The summed E-state index contributed by atoms with van der Waals surface area (Å²) in [6.07, 6.45) is 6.80. The zero-order chi connectivity index (χ0) is 16.5. The smallest absolute Gasteiger partial charge is 0.178 e. The quantitative estimate of drug-likeness (QED) is 0.597. The minimum Gasteiger partial charge on any atom is -0.346 e. The number of Topliss-reactive ketones (excluding diaryl/α,β-unsaturated/α-hetero) is 1. The van der Waals surface area contributed by atoms with Gasteiger partial charge in [0.15, 0.2) is 5.78 Å². The number of hydrogen-bond donors (Lipinski definition) is 0. The first-order chi connectivity index (χ1) is 10.3. The number of aromatic nitrogens is 1. The summed E-state index contributed by atoms with van der Waals surface area (Å²) in [7, 11) is 0. The van der Waals surface area contributed by atoms with Crippen LogP contribution in [0.5, 0.6) is 0 Å². The van der Waals surface area contributed by atoms with E-state index >= 15 is 0 Å². The van der Waals surface area contributed by atoms with Crippen LogP contribution in [0.25, 0.3) is 6.08 Å². The van der Waals surface area contributed by atoms with Crippen LogP contribution in [0.3, 0.4) is 0 Å². The van der Waals surface area contributed by atoms with Gasteiger partial charge < -0.3 is 4.57 Å². The van der Waals surface area contributed by atoms with Crippen LogP contribution in [0.1, 0.15) is 69.4 Å². The molecule has 0 aliphatic heterocycles. The number of allylic oxidation sites excluding steroid dienone is 1. The fraction of sp³-hybridized carbons (Fsp3) is 0.579. The van der Waals surface area contributed by atoms with Gasteiger partial charge in [0.1, 0.15) is 6.07 Å². The maximum absolute atomic E-state index is 12.4. The number of nitriles is 1. The van der Waals surface area contributed by atoms with Crippen molar-refractivity contribution in [2.75, 3.05) is 0 Å². The number of hydrogen-bond acceptors (Lipinski definition) is 2. The summed E-state index contributed by atoms with van der Waals surface area (Å²) in [5, 5.41) is 9.35. The van der Waals surface area contributed by atoms with E-state index in [0.717, 1.165) is 5.56 Å². The minimum absolute atomic E-state index is 0.0966. The van der Waals surface area contributed by atoms with Gasteiger partial charge in [0.05, 0.1) is 5.57 Å². The van der Waals surface area contributed by atoms with Crippen LogP contribution in [0.2, 0.25) is 0 Å². The Hall–Kier alpha value is -1.82. The Morgan fingerprint density at radius 3 is 2.41 bits per heavy atom. The van der Waals surface area contributed by atoms with Crippen LogP contribution in [0.4, 0.5) is 0 Å². The van der Waals surface area contributed by atoms with Gasteiger partial charge in [0, 0.05) is 22.8 Å². The lowest BCUT2D eigenvalue weighted by Crippen LogP contribution is -2.21. The van der Waals surface area contributed by atoms with Gasteiger partial charge in [-0.2, -0.15) is 5.26 Å². The average Bonchev–Trinajstić information content (AvgIpc) is 3.03. The van der Waals surface area contributed by atoms with Gasteiger partial charge in [0.25, 0.3) is 0 Å². The predicted octanol–water partition coefficient (Wildman–Crippen LogP) is 4.74. The summed E-state index contributed by atoms with van der Waals surface area (Å²) in [5.41, 5.74) is 3.10. The third-order valence-electron chi connectivity index (χ3n) is 4.56. The van der Waals surface area contributed by atoms with Crippen LogP contribution in [0.15, 0.2) is 11.6 Å². The fourth-order valence-corrected chi connectivity index (χ4v) is 3.38. The summed E-state index contributed by atoms with van der Waals surface area (Å²) in [4.78, 5) is 12.4. The summed E-state index contributed by atoms with van der Waals surface area (Å²) in [6, 6.07) is 4.76. The van der Waals surface area contributed by atoms with Gasteiger partial charge in [-0.05, 0) is 44.4 Å². The molecule has 0 radical (unpaired) electrons. The molecule has 0 saturated heterocycles. The van der Waals surface area contributed by atoms with Gasteiger partial charge in [0.2, 0.25) is 0 Å². The van der Waals surface area contributed by atoms with E-state index in [1.807, 2.05) is 20.8 Å². The molecule has 1 aliphatic rings. The monoisotopic (exact) mass is 298 g/mol. The van der Waals surface area contributed by atoms with Gasteiger partial charge in [-0.25, -0.2) is 0 Å². The van der Waals surface area contributed by atoms with E-state index in [2.05, 4.69) is 30.6 Å². The van der Waals surface area contributed by atoms with Crippen molar-refractivity contribution in [2.45, 2.75) is 66.3 Å². The standard InChI is InChI=1S/C19H26N2O/c1-13-10-15(11-16(12-20)18(22)19(3,4)5)14(2)21(13)17-8-6-7-9-17/h10-11,17H,6-9H2,1-5H3/b16-11+. The molecule has 1 aromatic rings. The zero-order valence-corrected chi connectivity index (χ0v) is 14.4. The first kappa shape index (κ1) is 16.5. The number of nitrogens with zero attached hydrogens (tertiary/aromatic N) is 2. The van der Waals surface area contributed by atoms with Crippen molar-refractivity contribution in [2.24, 2.45) is 5.41 Å². The maximum atomic E-state index is 12.4. The van der Waals surface area contributed by atoms with Gasteiger partial charge >= 0.3 is 0 Å². The number of aryl methyl sites for hydroxylation is 1. The maximum Gasteiger partial charge on any atom is 0.178 e. The largest absolute Gasteiger partial charge is 0.346 e. The van der Waals surface area contributed by atoms with Crippen molar-refractivity contribution in [1.82, 2.24) is 4.57 Å². The second-order valence-electron chi connectivity index (χ2n) is 7.38. The van der Waals surface area contributed by atoms with E-state index in [4.69, 9.17) is 0 Å². The molecule has 0 unspecified atom stereocenters. The van der Waals surface area contributed by atoms with Crippen molar-refractivity contribution in [3.8, 4) is 6.07 Å². The van der Waals surface area contributed by atoms with Crippen molar-refractivity contribution in [3.05, 3.63) is 28.6 Å². The molecule has 3 heteroatoms. The molecule has 3 nitrogen and oxygen atoms in total. The molecule has 22 heavy (non-hydrogen) atoms. The lowest BCUT2D eigenvalue weighted by atomic mass is 9.86. The Morgan fingerprint density at radius 1 is 1.32 bits per heavy atom. The number of rotatable bonds is 3. The number of ketones is 1. The Kier molecular flexibility index (Phi) is 4.60. The van der Waals surface area contributed by atoms with E-state index in [0.29, 0.717) is 6.04 Å². The normalized spacial score (nSPS) is 16.8. The van der Waals surface area contributed by atoms with Crippen molar-refractivity contribution in [3.63, 3.8) is 0 Å². The molecule has 118 valence electrons. The summed E-state index contributed by atoms with van der Waals surface area (Å²) >= 11 is 0. The molecule has 0 atom stereocenters. The molecular weight excluding hydrogens is 272 g/mol. The topological polar surface area (TPSA) is 45.8 Å². The average molecular weight is 298 g/mol. The van der Waals surface area contributed by atoms with E-state index in [1.54, 1.807) is 6.08 Å². The third kappa shape index (κ3) is 3.16. The highest BCUT2D eigenvalue weighted by molar-refractivity contribution is 6.06. The van der Waals surface area contributed by atoms with E-state index < -0.39 is 5.41 Å². The molecular formula is C19H26N2O. The molecule has 0 aromatic carbocycles. The van der Waals surface area contributed by atoms with Crippen LogP contribution < -0.4 is 0 Å². The molecule has 1 saturated carbocycles. The highest BCUT2D eigenvalue weighted by Gasteiger charge is 2.26. The SMILES string of the molecule is Cc1cc(/C=C(\C#N)C(=O)C(C)(C)C)c(C)n1C1CCCC1. The molecule has 0 amide bonds. The van der Waals surface area contributed by atoms with Gasteiger partial charge in [-0.1, -0.05) is 33.6 Å². The third-order valence-corrected chi connectivity index (χ3v) is 4.56. The molecule has 1 fully saturated rings. The Morgan fingerprint density at radius 2 is 1.91 bits per heavy atom. The summed E-state index contributed by atoms with van der Waals surface area (Å²) in [5.74, 6) is -0.0966.